The van der Waals surface area contributed by atoms with E-state index in [1.165, 1.54) is 0 Å². The summed E-state index contributed by atoms with van der Waals surface area (Å²) in [6.07, 6.45) is 4.45. The van der Waals surface area contributed by atoms with Gasteiger partial charge in [-0.05, 0) is 6.07 Å². The number of hydrogen-bond acceptors (Lipinski definition) is 2. The van der Waals surface area contributed by atoms with Crippen LogP contribution in [0.15, 0.2) is 6.07 Å². The molecule has 0 aromatic heterocycles. The van der Waals surface area contributed by atoms with Crippen LogP contribution < -0.4 is 5.32 Å². The van der Waals surface area contributed by atoms with E-state index in [-0.39, 0.29) is 6.07 Å². The summed E-state index contributed by atoms with van der Waals surface area (Å²) in [5.41, 5.74) is -1.16. The topological polar surface area (TPSA) is 66.4 Å². The van der Waals surface area contributed by atoms with Gasteiger partial charge in [0.2, 0.25) is 0 Å². The molecule has 1 unspecified atom stereocenters. The number of carbonyl (C=O) groups excluding carboxylic acids is 1. The fourth-order valence-electron chi connectivity index (χ4n) is 1.29. The lowest BCUT2D eigenvalue weighted by atomic mass is 10.1. The molecule has 0 aliphatic rings. The SMILES string of the molecule is C#CCC(NC(=O)c1cc(F)c(F)c(F)c1F)C(=O)O. The number of benzene rings is 1. The standard InChI is InChI=1S/C12H7F4NO3/c1-2-3-7(12(19)20)17-11(18)5-4-6(13)9(15)10(16)8(5)14/h1,4,7H,3H2,(H,17,18)(H,19,20). The zero-order valence-corrected chi connectivity index (χ0v) is 9.71. The van der Waals surface area contributed by atoms with Crippen molar-refractivity contribution in [1.82, 2.24) is 5.32 Å². The van der Waals surface area contributed by atoms with Crippen LogP contribution in [-0.2, 0) is 4.79 Å². The zero-order valence-electron chi connectivity index (χ0n) is 9.71. The molecular formula is C12H7F4NO3. The van der Waals surface area contributed by atoms with Gasteiger partial charge in [0.1, 0.15) is 6.04 Å². The summed E-state index contributed by atoms with van der Waals surface area (Å²) in [6.45, 7) is 0. The second kappa shape index (κ2) is 6.06. The molecule has 8 heteroatoms. The second-order valence-corrected chi connectivity index (χ2v) is 3.62. The lowest BCUT2D eigenvalue weighted by Crippen LogP contribution is -2.41. The molecule has 4 nitrogen and oxygen atoms in total. The number of carbonyl (C=O) groups is 2. The maximum atomic E-state index is 13.3. The Balaban J connectivity index is 3.10. The first-order chi connectivity index (χ1) is 9.29. The summed E-state index contributed by atoms with van der Waals surface area (Å²) in [7, 11) is 0. The molecule has 0 saturated carbocycles. The minimum Gasteiger partial charge on any atom is -0.480 e. The molecule has 0 aliphatic carbocycles. The van der Waals surface area contributed by atoms with E-state index >= 15 is 0 Å². The number of nitrogens with one attached hydrogen (secondary N) is 1. The highest BCUT2D eigenvalue weighted by Gasteiger charge is 2.26. The minimum atomic E-state index is -2.17. The van der Waals surface area contributed by atoms with Crippen molar-refractivity contribution in [1.29, 1.82) is 0 Å². The zero-order chi connectivity index (χ0) is 15.4. The molecule has 0 radical (unpaired) electrons. The van der Waals surface area contributed by atoms with Crippen molar-refractivity contribution in [2.45, 2.75) is 12.5 Å². The third-order valence-electron chi connectivity index (χ3n) is 2.27. The molecule has 0 bridgehead atoms. The number of halogens is 4. The summed E-state index contributed by atoms with van der Waals surface area (Å²) < 4.78 is 51.9. The fourth-order valence-corrected chi connectivity index (χ4v) is 1.29. The molecule has 1 aromatic rings. The van der Waals surface area contributed by atoms with Crippen LogP contribution in [0, 0.1) is 35.6 Å². The first-order valence-corrected chi connectivity index (χ1v) is 5.09. The van der Waals surface area contributed by atoms with Gasteiger partial charge >= 0.3 is 5.97 Å². The van der Waals surface area contributed by atoms with E-state index in [4.69, 9.17) is 11.5 Å². The van der Waals surface area contributed by atoms with Crippen LogP contribution in [0.2, 0.25) is 0 Å². The van der Waals surface area contributed by atoms with Crippen molar-refractivity contribution < 1.29 is 32.3 Å². The van der Waals surface area contributed by atoms with Crippen LogP contribution >= 0.6 is 0 Å². The molecule has 2 N–H and O–H groups in total. The smallest absolute Gasteiger partial charge is 0.327 e. The van der Waals surface area contributed by atoms with Gasteiger partial charge in [0.25, 0.3) is 5.91 Å². The minimum absolute atomic E-state index is 0.123. The summed E-state index contributed by atoms with van der Waals surface area (Å²) in [4.78, 5) is 22.2. The quantitative estimate of drug-likeness (QED) is 0.381. The first kappa shape index (κ1) is 15.5. The average Bonchev–Trinajstić information content (AvgIpc) is 2.39. The molecular weight excluding hydrogens is 282 g/mol. The predicted octanol–water partition coefficient (Wildman–Crippen LogP) is 1.45. The Morgan fingerprint density at radius 2 is 1.85 bits per heavy atom. The van der Waals surface area contributed by atoms with Gasteiger partial charge in [0.05, 0.1) is 5.56 Å². The molecule has 1 atom stereocenters. The van der Waals surface area contributed by atoms with Gasteiger partial charge in [0.15, 0.2) is 23.3 Å². The van der Waals surface area contributed by atoms with Gasteiger partial charge in [-0.3, -0.25) is 4.79 Å². The van der Waals surface area contributed by atoms with Crippen LogP contribution in [0.25, 0.3) is 0 Å². The highest BCUT2D eigenvalue weighted by molar-refractivity contribution is 5.96. The largest absolute Gasteiger partial charge is 0.480 e. The molecule has 0 heterocycles. The normalized spacial score (nSPS) is 11.6. The molecule has 20 heavy (non-hydrogen) atoms. The van der Waals surface area contributed by atoms with Crippen LogP contribution in [0.3, 0.4) is 0 Å². The van der Waals surface area contributed by atoms with Crippen molar-refractivity contribution >= 4 is 11.9 Å². The van der Waals surface area contributed by atoms with Crippen LogP contribution in [0.5, 0.6) is 0 Å². The van der Waals surface area contributed by atoms with Gasteiger partial charge in [-0.2, -0.15) is 0 Å². The number of terminal acetylenes is 1. The monoisotopic (exact) mass is 289 g/mol. The van der Waals surface area contributed by atoms with Gasteiger partial charge in [0, 0.05) is 6.42 Å². The number of carboxylic acids is 1. The molecule has 1 amide bonds. The van der Waals surface area contributed by atoms with Crippen molar-refractivity contribution in [3.05, 3.63) is 34.9 Å². The predicted molar refractivity (Wildman–Crippen MR) is 58.6 cm³/mol. The number of carboxylic acid groups (broad SMARTS) is 1. The van der Waals surface area contributed by atoms with Crippen molar-refractivity contribution in [2.75, 3.05) is 0 Å². The number of rotatable bonds is 4. The Morgan fingerprint density at radius 3 is 2.35 bits per heavy atom. The molecule has 0 fully saturated rings. The molecule has 1 aromatic carbocycles. The summed E-state index contributed by atoms with van der Waals surface area (Å²) in [6, 6.07) is -1.44. The average molecular weight is 289 g/mol. The molecule has 1 rings (SSSR count). The van der Waals surface area contributed by atoms with Gasteiger partial charge < -0.3 is 10.4 Å². The van der Waals surface area contributed by atoms with Crippen LogP contribution in [0.4, 0.5) is 17.6 Å². The Kier molecular flexibility index (Phi) is 4.69. The van der Waals surface area contributed by atoms with E-state index in [2.05, 4.69) is 0 Å². The first-order valence-electron chi connectivity index (χ1n) is 5.09. The van der Waals surface area contributed by atoms with Gasteiger partial charge in [-0.15, -0.1) is 12.3 Å². The summed E-state index contributed by atoms with van der Waals surface area (Å²) in [5, 5.41) is 10.5. The molecule has 106 valence electrons. The summed E-state index contributed by atoms with van der Waals surface area (Å²) >= 11 is 0. The van der Waals surface area contributed by atoms with Crippen LogP contribution in [-0.4, -0.2) is 23.0 Å². The van der Waals surface area contributed by atoms with E-state index < -0.39 is 53.2 Å². The van der Waals surface area contributed by atoms with Crippen molar-refractivity contribution in [2.24, 2.45) is 0 Å². The highest BCUT2D eigenvalue weighted by atomic mass is 19.2. The molecule has 0 saturated heterocycles. The maximum Gasteiger partial charge on any atom is 0.327 e. The second-order valence-electron chi connectivity index (χ2n) is 3.62. The Morgan fingerprint density at radius 1 is 1.25 bits per heavy atom. The fraction of sp³-hybridized carbons (Fsp3) is 0.167. The molecule has 0 aliphatic heterocycles. The van der Waals surface area contributed by atoms with Gasteiger partial charge in [-0.25, -0.2) is 22.4 Å². The third kappa shape index (κ3) is 3.06. The van der Waals surface area contributed by atoms with E-state index in [1.54, 1.807) is 5.32 Å². The Hall–Kier alpha value is -2.56. The number of hydrogen-bond donors (Lipinski definition) is 2. The van der Waals surface area contributed by atoms with E-state index in [0.717, 1.165) is 0 Å². The van der Waals surface area contributed by atoms with E-state index in [9.17, 15) is 27.2 Å². The maximum absolute atomic E-state index is 13.3. The number of amides is 1. The Labute approximate surface area is 110 Å². The van der Waals surface area contributed by atoms with Gasteiger partial charge in [-0.1, -0.05) is 0 Å². The third-order valence-corrected chi connectivity index (χ3v) is 2.27. The lowest BCUT2D eigenvalue weighted by molar-refractivity contribution is -0.139. The van der Waals surface area contributed by atoms with E-state index in [0.29, 0.717) is 0 Å². The van der Waals surface area contributed by atoms with Crippen molar-refractivity contribution in [3.63, 3.8) is 0 Å². The van der Waals surface area contributed by atoms with E-state index in [1.807, 2.05) is 5.92 Å². The number of aliphatic carboxylic acids is 1. The summed E-state index contributed by atoms with van der Waals surface area (Å²) in [5.74, 6) is -8.93. The Bertz CT molecular complexity index is 610. The van der Waals surface area contributed by atoms with Crippen LogP contribution in [0.1, 0.15) is 16.8 Å². The molecule has 0 spiro atoms. The van der Waals surface area contributed by atoms with Crippen molar-refractivity contribution in [3.8, 4) is 12.3 Å². The lowest BCUT2D eigenvalue weighted by Gasteiger charge is -2.12. The highest BCUT2D eigenvalue weighted by Crippen LogP contribution is 2.18.